The van der Waals surface area contributed by atoms with E-state index >= 15 is 0 Å². The van der Waals surface area contributed by atoms with Crippen molar-refractivity contribution in [1.29, 1.82) is 0 Å². The van der Waals surface area contributed by atoms with E-state index in [0.29, 0.717) is 17.5 Å². The lowest BCUT2D eigenvalue weighted by Crippen LogP contribution is -2.48. The van der Waals surface area contributed by atoms with Crippen LogP contribution < -0.4 is 15.8 Å². The van der Waals surface area contributed by atoms with Crippen LogP contribution in [-0.4, -0.2) is 26.4 Å². The first-order chi connectivity index (χ1) is 12.8. The van der Waals surface area contributed by atoms with Gasteiger partial charge < -0.3 is 11.1 Å². The molecule has 9 heteroatoms. The number of carbonyl (C=O) groups excluding carboxylic acids is 1. The zero-order valence-electron chi connectivity index (χ0n) is 15.6. The molecule has 2 bridgehead atoms. The molecule has 156 valence electrons. The van der Waals surface area contributed by atoms with Crippen LogP contribution in [-0.2, 0) is 14.8 Å². The Hall–Kier alpha value is -1.22. The van der Waals surface area contributed by atoms with Gasteiger partial charge in [-0.2, -0.15) is 0 Å². The van der Waals surface area contributed by atoms with Gasteiger partial charge in [-0.1, -0.05) is 6.42 Å². The highest BCUT2D eigenvalue weighted by Gasteiger charge is 2.40. The number of fused-ring (bicyclic) bond motifs is 2. The largest absolute Gasteiger partial charge is 0.327 e. The lowest BCUT2D eigenvalue weighted by atomic mass is 9.65. The highest BCUT2D eigenvalue weighted by molar-refractivity contribution is 7.89. The monoisotopic (exact) mass is 431 g/mol. The highest BCUT2D eigenvalue weighted by Crippen LogP contribution is 2.42. The molecule has 1 amide bonds. The number of nitrogens with one attached hydrogen (secondary N) is 2. The number of amides is 1. The van der Waals surface area contributed by atoms with Gasteiger partial charge >= 0.3 is 0 Å². The zero-order chi connectivity index (χ0) is 19.2. The molecule has 0 heterocycles. The van der Waals surface area contributed by atoms with Gasteiger partial charge in [0.15, 0.2) is 0 Å². The van der Waals surface area contributed by atoms with Gasteiger partial charge in [0, 0.05) is 23.7 Å². The summed E-state index contributed by atoms with van der Waals surface area (Å²) in [6.07, 6.45) is 6.36. The molecule has 4 N–H and O–H groups in total. The SMILES string of the molecule is Cl.NC1C2CCCC1CC(C(=O)Nc1ccc(F)c(S(=O)(=O)NC3CC3)c1)C2. The lowest BCUT2D eigenvalue weighted by molar-refractivity contribution is -0.122. The van der Waals surface area contributed by atoms with Gasteiger partial charge in [-0.05, 0) is 68.6 Å². The molecule has 6 nitrogen and oxygen atoms in total. The molecule has 0 aromatic heterocycles. The second-order valence-corrected chi connectivity index (χ2v) is 9.91. The van der Waals surface area contributed by atoms with E-state index in [1.165, 1.54) is 18.6 Å². The van der Waals surface area contributed by atoms with Crippen LogP contribution in [0.25, 0.3) is 0 Å². The van der Waals surface area contributed by atoms with Crippen molar-refractivity contribution in [1.82, 2.24) is 4.72 Å². The Balaban J connectivity index is 0.00000225. The molecule has 1 aromatic carbocycles. The van der Waals surface area contributed by atoms with Crippen LogP contribution in [0.2, 0.25) is 0 Å². The fourth-order valence-electron chi connectivity index (χ4n) is 4.52. The van der Waals surface area contributed by atoms with E-state index in [0.717, 1.165) is 44.6 Å². The minimum atomic E-state index is -3.92. The van der Waals surface area contributed by atoms with Gasteiger partial charge in [-0.3, -0.25) is 4.79 Å². The van der Waals surface area contributed by atoms with Crippen LogP contribution in [0.5, 0.6) is 0 Å². The lowest BCUT2D eigenvalue weighted by Gasteiger charge is -2.43. The van der Waals surface area contributed by atoms with Crippen molar-refractivity contribution < 1.29 is 17.6 Å². The normalized spacial score (nSPS) is 29.6. The van der Waals surface area contributed by atoms with Crippen LogP contribution in [0, 0.1) is 23.6 Å². The van der Waals surface area contributed by atoms with Gasteiger partial charge in [-0.15, -0.1) is 12.4 Å². The summed E-state index contributed by atoms with van der Waals surface area (Å²) >= 11 is 0. The molecule has 0 spiro atoms. The number of nitrogens with two attached hydrogens (primary N) is 1. The number of rotatable bonds is 5. The quantitative estimate of drug-likeness (QED) is 0.667. The predicted octanol–water partition coefficient (Wildman–Crippen LogP) is 2.78. The van der Waals surface area contributed by atoms with Gasteiger partial charge in [-0.25, -0.2) is 17.5 Å². The Morgan fingerprint density at radius 3 is 2.36 bits per heavy atom. The second-order valence-electron chi connectivity index (χ2n) is 8.23. The third-order valence-corrected chi connectivity index (χ3v) is 7.71. The summed E-state index contributed by atoms with van der Waals surface area (Å²) in [4.78, 5) is 12.3. The molecule has 3 aliphatic rings. The van der Waals surface area contributed by atoms with Crippen molar-refractivity contribution in [3.05, 3.63) is 24.0 Å². The van der Waals surface area contributed by atoms with Crippen LogP contribution in [0.15, 0.2) is 23.1 Å². The zero-order valence-corrected chi connectivity index (χ0v) is 17.2. The van der Waals surface area contributed by atoms with Gasteiger partial charge in [0.25, 0.3) is 0 Å². The highest BCUT2D eigenvalue weighted by atomic mass is 35.5. The molecule has 1 aromatic rings. The van der Waals surface area contributed by atoms with Crippen LogP contribution in [0.3, 0.4) is 0 Å². The van der Waals surface area contributed by atoms with E-state index in [2.05, 4.69) is 10.0 Å². The summed E-state index contributed by atoms with van der Waals surface area (Å²) in [6.45, 7) is 0. The smallest absolute Gasteiger partial charge is 0.243 e. The first-order valence-electron chi connectivity index (χ1n) is 9.72. The summed E-state index contributed by atoms with van der Waals surface area (Å²) in [5.74, 6) is -0.335. The number of halogens is 2. The maximum absolute atomic E-state index is 14.1. The molecular weight excluding hydrogens is 405 g/mol. The Morgan fingerprint density at radius 2 is 1.75 bits per heavy atom. The summed E-state index contributed by atoms with van der Waals surface area (Å²) in [5, 5.41) is 2.79. The van der Waals surface area contributed by atoms with Crippen molar-refractivity contribution in [2.75, 3.05) is 5.32 Å². The van der Waals surface area contributed by atoms with Crippen molar-refractivity contribution in [3.63, 3.8) is 0 Å². The van der Waals surface area contributed by atoms with Crippen LogP contribution >= 0.6 is 12.4 Å². The van der Waals surface area contributed by atoms with E-state index in [1.807, 2.05) is 0 Å². The summed E-state index contributed by atoms with van der Waals surface area (Å²) < 4.78 is 41.2. The van der Waals surface area contributed by atoms with Gasteiger partial charge in [0.1, 0.15) is 10.7 Å². The van der Waals surface area contributed by atoms with E-state index in [9.17, 15) is 17.6 Å². The third kappa shape index (κ3) is 4.50. The van der Waals surface area contributed by atoms with Crippen LogP contribution in [0.1, 0.15) is 44.9 Å². The minimum absolute atomic E-state index is 0. The Kier molecular flexibility index (Phi) is 6.34. The predicted molar refractivity (Wildman–Crippen MR) is 107 cm³/mol. The Bertz CT molecular complexity index is 833. The number of hydrogen-bond donors (Lipinski definition) is 3. The molecule has 3 saturated carbocycles. The summed E-state index contributed by atoms with van der Waals surface area (Å²) in [6, 6.07) is 3.76. The molecule has 2 atom stereocenters. The van der Waals surface area contributed by atoms with Gasteiger partial charge in [0.05, 0.1) is 0 Å². The van der Waals surface area contributed by atoms with Crippen molar-refractivity contribution in [3.8, 4) is 0 Å². The fraction of sp³-hybridized carbons (Fsp3) is 0.632. The van der Waals surface area contributed by atoms with Crippen molar-refractivity contribution in [2.45, 2.75) is 61.9 Å². The number of sulfonamides is 1. The van der Waals surface area contributed by atoms with E-state index < -0.39 is 20.7 Å². The molecule has 0 saturated heterocycles. The summed E-state index contributed by atoms with van der Waals surface area (Å²) in [5.41, 5.74) is 6.58. The van der Waals surface area contributed by atoms with Crippen molar-refractivity contribution in [2.24, 2.45) is 23.5 Å². The standard InChI is InChI=1S/C19H26FN3O3S.ClH/c20-16-7-6-15(10-17(16)27(25,26)23-14-4-5-14)22-19(24)13-8-11-2-1-3-12(9-13)18(11)21;/h6-7,10-14,18,23H,1-5,8-9,21H2,(H,22,24);1H. The molecule has 2 unspecified atom stereocenters. The molecule has 3 aliphatic carbocycles. The maximum atomic E-state index is 14.1. The maximum Gasteiger partial charge on any atom is 0.243 e. The van der Waals surface area contributed by atoms with E-state index in [1.54, 1.807) is 0 Å². The number of anilines is 1. The number of carbonyl (C=O) groups is 1. The third-order valence-electron chi connectivity index (χ3n) is 6.17. The van der Waals surface area contributed by atoms with Crippen LogP contribution in [0.4, 0.5) is 10.1 Å². The summed E-state index contributed by atoms with van der Waals surface area (Å²) in [7, 11) is -3.92. The van der Waals surface area contributed by atoms with E-state index in [4.69, 9.17) is 5.73 Å². The number of hydrogen-bond acceptors (Lipinski definition) is 4. The molecule has 3 fully saturated rings. The first kappa shape index (κ1) is 21.5. The Labute approximate surface area is 171 Å². The molecule has 0 aliphatic heterocycles. The Morgan fingerprint density at radius 1 is 1.11 bits per heavy atom. The average molecular weight is 432 g/mol. The fourth-order valence-corrected chi connectivity index (χ4v) is 5.93. The van der Waals surface area contributed by atoms with Crippen molar-refractivity contribution >= 4 is 34.0 Å². The van der Waals surface area contributed by atoms with E-state index in [-0.39, 0.29) is 36.3 Å². The average Bonchev–Trinajstić information content (AvgIpc) is 3.39. The number of benzene rings is 1. The van der Waals surface area contributed by atoms with Gasteiger partial charge in [0.2, 0.25) is 15.9 Å². The second kappa shape index (κ2) is 8.26. The molecule has 4 rings (SSSR count). The first-order valence-corrected chi connectivity index (χ1v) is 11.2. The molecule has 28 heavy (non-hydrogen) atoms. The molecular formula is C19H27ClFN3O3S. The topological polar surface area (TPSA) is 101 Å². The molecule has 0 radical (unpaired) electrons. The minimum Gasteiger partial charge on any atom is -0.327 e.